The molecule has 2 aromatic rings. The first-order valence-electron chi connectivity index (χ1n) is 4.70. The van der Waals surface area contributed by atoms with Crippen LogP contribution in [0.1, 0.15) is 5.76 Å². The second kappa shape index (κ2) is 4.44. The number of hydrogen-bond acceptors (Lipinski definition) is 4. The average molecular weight is 223 g/mol. The van der Waals surface area contributed by atoms with Gasteiger partial charge in [-0.25, -0.2) is 0 Å². The number of rotatable bonds is 4. The van der Waals surface area contributed by atoms with Crippen LogP contribution in [0.4, 0.5) is 5.69 Å². The molecule has 4 nitrogen and oxygen atoms in total. The fourth-order valence-electron chi connectivity index (χ4n) is 1.27. The highest BCUT2D eigenvalue weighted by Crippen LogP contribution is 2.22. The number of furan rings is 1. The topological polar surface area (TPSA) is 57.0 Å². The van der Waals surface area contributed by atoms with Crippen molar-refractivity contribution < 1.29 is 4.42 Å². The highest BCUT2D eigenvalue weighted by atomic mass is 32.2. The summed E-state index contributed by atoms with van der Waals surface area (Å²) in [6.45, 7) is 2.82. The third kappa shape index (κ3) is 2.56. The molecule has 0 aromatic carbocycles. The molecule has 80 valence electrons. The van der Waals surface area contributed by atoms with Crippen molar-refractivity contribution in [3.63, 3.8) is 0 Å². The van der Waals surface area contributed by atoms with Crippen molar-refractivity contribution in [2.24, 2.45) is 0 Å². The minimum atomic E-state index is 0.708. The smallest absolute Gasteiger partial charge is 0.114 e. The lowest BCUT2D eigenvalue weighted by Crippen LogP contribution is -2.00. The number of aromatic nitrogens is 2. The molecule has 0 unspecified atom stereocenters. The second-order valence-electron chi connectivity index (χ2n) is 3.23. The Morgan fingerprint density at radius 2 is 2.47 bits per heavy atom. The van der Waals surface area contributed by atoms with Crippen molar-refractivity contribution in [1.29, 1.82) is 0 Å². The Bertz CT molecular complexity index is 435. The largest absolute Gasteiger partial charge is 0.468 e. The zero-order chi connectivity index (χ0) is 10.7. The molecule has 0 aliphatic carbocycles. The molecule has 0 spiro atoms. The van der Waals surface area contributed by atoms with Crippen LogP contribution in [0, 0.1) is 6.92 Å². The van der Waals surface area contributed by atoms with Gasteiger partial charge in [-0.15, -0.1) is 11.8 Å². The summed E-state index contributed by atoms with van der Waals surface area (Å²) in [6.07, 6.45) is 5.21. The van der Waals surface area contributed by atoms with Gasteiger partial charge in [0.2, 0.25) is 0 Å². The average Bonchev–Trinajstić information content (AvgIpc) is 2.77. The zero-order valence-corrected chi connectivity index (χ0v) is 9.33. The van der Waals surface area contributed by atoms with Crippen molar-refractivity contribution in [2.75, 3.05) is 11.5 Å². The van der Waals surface area contributed by atoms with Crippen molar-refractivity contribution in [2.45, 2.75) is 18.4 Å². The van der Waals surface area contributed by atoms with Gasteiger partial charge in [0.15, 0.2) is 0 Å². The highest BCUT2D eigenvalue weighted by Gasteiger charge is 2.01. The van der Waals surface area contributed by atoms with Gasteiger partial charge in [-0.1, -0.05) is 0 Å². The summed E-state index contributed by atoms with van der Waals surface area (Å²) >= 11 is 1.76. The van der Waals surface area contributed by atoms with Crippen LogP contribution in [0.5, 0.6) is 0 Å². The minimum Gasteiger partial charge on any atom is -0.468 e. The molecule has 0 saturated heterocycles. The first-order chi connectivity index (χ1) is 7.25. The van der Waals surface area contributed by atoms with Crippen LogP contribution in [0.15, 0.2) is 34.0 Å². The van der Waals surface area contributed by atoms with E-state index in [0.717, 1.165) is 18.1 Å². The summed E-state index contributed by atoms with van der Waals surface area (Å²) in [4.78, 5) is 1.19. The second-order valence-corrected chi connectivity index (χ2v) is 4.36. The third-order valence-electron chi connectivity index (χ3n) is 2.04. The summed E-state index contributed by atoms with van der Waals surface area (Å²) in [5, 5.41) is 4.11. The molecule has 0 amide bonds. The molecule has 0 fully saturated rings. The van der Waals surface area contributed by atoms with Gasteiger partial charge in [-0.3, -0.25) is 4.68 Å². The number of anilines is 1. The van der Waals surface area contributed by atoms with E-state index in [1.807, 2.05) is 23.9 Å². The molecule has 5 heteroatoms. The van der Waals surface area contributed by atoms with E-state index in [9.17, 15) is 0 Å². The molecule has 0 radical (unpaired) electrons. The molecule has 2 aromatic heterocycles. The summed E-state index contributed by atoms with van der Waals surface area (Å²) in [6, 6.07) is 1.98. The zero-order valence-electron chi connectivity index (χ0n) is 8.51. The summed E-state index contributed by atoms with van der Waals surface area (Å²) in [5.74, 6) is 1.93. The number of thioether (sulfide) groups is 1. The first kappa shape index (κ1) is 10.2. The van der Waals surface area contributed by atoms with E-state index in [2.05, 4.69) is 5.10 Å². The normalized spacial score (nSPS) is 10.7. The van der Waals surface area contributed by atoms with E-state index >= 15 is 0 Å². The number of nitrogens with two attached hydrogens (primary N) is 1. The van der Waals surface area contributed by atoms with Gasteiger partial charge in [-0.2, -0.15) is 5.10 Å². The maximum Gasteiger partial charge on any atom is 0.114 e. The van der Waals surface area contributed by atoms with Crippen LogP contribution in [0.3, 0.4) is 0 Å². The van der Waals surface area contributed by atoms with Crippen LogP contribution in [-0.2, 0) is 6.54 Å². The Morgan fingerprint density at radius 3 is 3.07 bits per heavy atom. The monoisotopic (exact) mass is 223 g/mol. The van der Waals surface area contributed by atoms with Gasteiger partial charge in [0.05, 0.1) is 24.7 Å². The number of nitrogens with zero attached hydrogens (tertiary/aromatic N) is 2. The van der Waals surface area contributed by atoms with Crippen molar-refractivity contribution >= 4 is 17.4 Å². The van der Waals surface area contributed by atoms with Crippen molar-refractivity contribution in [3.8, 4) is 0 Å². The van der Waals surface area contributed by atoms with E-state index in [0.29, 0.717) is 5.69 Å². The molecular weight excluding hydrogens is 210 g/mol. The van der Waals surface area contributed by atoms with Gasteiger partial charge >= 0.3 is 0 Å². The van der Waals surface area contributed by atoms with Gasteiger partial charge in [-0.05, 0) is 13.0 Å². The van der Waals surface area contributed by atoms with E-state index < -0.39 is 0 Å². The van der Waals surface area contributed by atoms with Gasteiger partial charge in [0.1, 0.15) is 5.76 Å². The maximum atomic E-state index is 5.56. The minimum absolute atomic E-state index is 0.708. The number of hydrogen-bond donors (Lipinski definition) is 1. The van der Waals surface area contributed by atoms with Crippen LogP contribution in [0.2, 0.25) is 0 Å². The lowest BCUT2D eigenvalue weighted by atomic mass is 10.5. The van der Waals surface area contributed by atoms with E-state index in [4.69, 9.17) is 10.2 Å². The van der Waals surface area contributed by atoms with E-state index in [-0.39, 0.29) is 0 Å². The predicted molar refractivity (Wildman–Crippen MR) is 60.8 cm³/mol. The maximum absolute atomic E-state index is 5.56. The van der Waals surface area contributed by atoms with E-state index in [1.54, 1.807) is 24.2 Å². The number of aryl methyl sites for hydroxylation is 2. The van der Waals surface area contributed by atoms with Gasteiger partial charge in [0, 0.05) is 16.8 Å². The molecule has 2 N–H and O–H groups in total. The van der Waals surface area contributed by atoms with Crippen LogP contribution in [-0.4, -0.2) is 15.5 Å². The lowest BCUT2D eigenvalue weighted by Gasteiger charge is -2.00. The summed E-state index contributed by atoms with van der Waals surface area (Å²) in [7, 11) is 0. The highest BCUT2D eigenvalue weighted by molar-refractivity contribution is 7.99. The molecule has 0 aliphatic rings. The molecule has 0 atom stereocenters. The standard InChI is InChI=1S/C10H13N3OS/c1-8-10(2-4-14-8)15-5-3-13-7-9(11)6-12-13/h2,4,6-7H,3,5,11H2,1H3. The van der Waals surface area contributed by atoms with Crippen LogP contribution >= 0.6 is 11.8 Å². The molecule has 0 saturated carbocycles. The van der Waals surface area contributed by atoms with Crippen LogP contribution in [0.25, 0.3) is 0 Å². The Kier molecular flexibility index (Phi) is 3.01. The van der Waals surface area contributed by atoms with E-state index in [1.165, 1.54) is 4.90 Å². The molecule has 2 rings (SSSR count). The fourth-order valence-corrected chi connectivity index (χ4v) is 2.18. The van der Waals surface area contributed by atoms with Crippen molar-refractivity contribution in [3.05, 3.63) is 30.5 Å². The Morgan fingerprint density at radius 1 is 1.60 bits per heavy atom. The predicted octanol–water partition coefficient (Wildman–Crippen LogP) is 2.16. The number of nitrogen functional groups attached to an aromatic ring is 1. The third-order valence-corrected chi connectivity index (χ3v) is 3.16. The first-order valence-corrected chi connectivity index (χ1v) is 5.69. The molecule has 0 aliphatic heterocycles. The van der Waals surface area contributed by atoms with Gasteiger partial charge < -0.3 is 10.2 Å². The molecule has 2 heterocycles. The lowest BCUT2D eigenvalue weighted by molar-refractivity contribution is 0.527. The summed E-state index contributed by atoms with van der Waals surface area (Å²) < 4.78 is 7.05. The quantitative estimate of drug-likeness (QED) is 0.807. The van der Waals surface area contributed by atoms with Gasteiger partial charge in [0.25, 0.3) is 0 Å². The summed E-state index contributed by atoms with van der Waals surface area (Å²) in [5.41, 5.74) is 6.27. The Hall–Kier alpha value is -1.36. The Balaban J connectivity index is 1.83. The fraction of sp³-hybridized carbons (Fsp3) is 0.300. The van der Waals surface area contributed by atoms with Crippen LogP contribution < -0.4 is 5.73 Å². The molecule has 15 heavy (non-hydrogen) atoms. The molecule has 0 bridgehead atoms. The Labute approximate surface area is 92.4 Å². The van der Waals surface area contributed by atoms with Crippen molar-refractivity contribution in [1.82, 2.24) is 9.78 Å². The molecular formula is C10H13N3OS. The SMILES string of the molecule is Cc1occc1SCCn1cc(N)cn1.